The van der Waals surface area contributed by atoms with Crippen molar-refractivity contribution in [1.29, 1.82) is 0 Å². The molecule has 0 aliphatic rings. The predicted molar refractivity (Wildman–Crippen MR) is 181 cm³/mol. The molecule has 0 saturated carbocycles. The number of carbonyl (C=O) groups excluding carboxylic acids is 5. The molecule has 0 unspecified atom stereocenters. The number of fused-ring (bicyclic) bond motifs is 1. The summed E-state index contributed by atoms with van der Waals surface area (Å²) in [6.45, 7) is 4.39. The second-order valence-corrected chi connectivity index (χ2v) is 11.8. The van der Waals surface area contributed by atoms with Gasteiger partial charge in [-0.15, -0.1) is 12.4 Å². The number of aromatic hydroxyl groups is 1. The number of para-hydroxylation sites is 1. The molecule has 14 nitrogen and oxygen atoms in total. The summed E-state index contributed by atoms with van der Waals surface area (Å²) in [6.07, 6.45) is 2.17. The number of amides is 4. The van der Waals surface area contributed by atoms with E-state index in [-0.39, 0.29) is 36.9 Å². The fourth-order valence-electron chi connectivity index (χ4n) is 4.96. The fourth-order valence-corrected chi connectivity index (χ4v) is 4.96. The monoisotopic (exact) mass is 688 g/mol. The highest BCUT2D eigenvalue weighted by molar-refractivity contribution is 5.95. The summed E-state index contributed by atoms with van der Waals surface area (Å²) in [5, 5.41) is 30.7. The van der Waals surface area contributed by atoms with E-state index in [0.29, 0.717) is 12.0 Å². The average molecular weight is 689 g/mol. The molecule has 0 aliphatic carbocycles. The first kappa shape index (κ1) is 39.5. The Balaban J connectivity index is 0.00000800. The summed E-state index contributed by atoms with van der Waals surface area (Å²) in [4.78, 5) is 67.9. The maximum atomic E-state index is 13.4. The van der Waals surface area contributed by atoms with Gasteiger partial charge in [0.1, 0.15) is 29.9 Å². The molecule has 0 saturated heterocycles. The smallest absolute Gasteiger partial charge is 0.328 e. The molecule has 48 heavy (non-hydrogen) atoms. The van der Waals surface area contributed by atoms with Crippen molar-refractivity contribution in [3.63, 3.8) is 0 Å². The molecule has 15 heteroatoms. The summed E-state index contributed by atoms with van der Waals surface area (Å²) in [5.41, 5.74) is 8.40. The van der Waals surface area contributed by atoms with E-state index < -0.39 is 66.4 Å². The molecule has 3 aromatic rings. The number of hydrogen-bond acceptors (Lipinski definition) is 9. The molecular formula is C33H45ClN6O8. The van der Waals surface area contributed by atoms with Crippen molar-refractivity contribution in [1.82, 2.24) is 26.3 Å². The number of esters is 1. The Morgan fingerprint density at radius 2 is 1.42 bits per heavy atom. The van der Waals surface area contributed by atoms with Crippen LogP contribution in [-0.4, -0.2) is 88.7 Å². The van der Waals surface area contributed by atoms with Gasteiger partial charge in [-0.25, -0.2) is 4.79 Å². The number of phenolic OH excluding ortho intramolecular Hbond substituents is 1. The van der Waals surface area contributed by atoms with Crippen LogP contribution in [0, 0.1) is 5.92 Å². The highest BCUT2D eigenvalue weighted by Crippen LogP contribution is 2.19. The lowest BCUT2D eigenvalue weighted by molar-refractivity contribution is -0.145. The standard InChI is InChI=1S/C33H44N6O8.ClH/c1-18(2)13-27(33(46)47-4)38-29(42)19(3)36-31(44)26(14-20-9-11-22(41)12-10-20)37-32(45)28(17-40)39-30(43)24(34)15-21-16-35-25-8-6-5-7-23(21)25;/h5-12,16,18-19,24,26-28,35,40-41H,13-15,17,34H2,1-4H3,(H,36,44)(H,37,45)(H,38,42)(H,39,43);1H/t19-,24+,26+,27+,28+;/m1./s1. The van der Waals surface area contributed by atoms with Crippen molar-refractivity contribution in [3.05, 3.63) is 65.9 Å². The predicted octanol–water partition coefficient (Wildman–Crippen LogP) is 0.578. The third-order valence-corrected chi connectivity index (χ3v) is 7.54. The lowest BCUT2D eigenvalue weighted by Crippen LogP contribution is -2.59. The molecule has 3 rings (SSSR count). The Bertz CT molecular complexity index is 1550. The molecule has 0 bridgehead atoms. The molecule has 1 aromatic heterocycles. The minimum absolute atomic E-state index is 0. The number of phenols is 1. The number of aromatic nitrogens is 1. The average Bonchev–Trinajstić information content (AvgIpc) is 3.45. The molecule has 4 amide bonds. The van der Waals surface area contributed by atoms with Gasteiger partial charge in [-0.05, 0) is 55.0 Å². The van der Waals surface area contributed by atoms with Crippen LogP contribution >= 0.6 is 12.4 Å². The van der Waals surface area contributed by atoms with Crippen LogP contribution in [0.2, 0.25) is 0 Å². The summed E-state index contributed by atoms with van der Waals surface area (Å²) in [5.74, 6) is -3.49. The maximum absolute atomic E-state index is 13.4. The number of nitrogens with one attached hydrogen (secondary N) is 5. The molecule has 9 N–H and O–H groups in total. The van der Waals surface area contributed by atoms with Gasteiger partial charge in [-0.3, -0.25) is 19.2 Å². The van der Waals surface area contributed by atoms with Crippen molar-refractivity contribution < 1.29 is 38.9 Å². The van der Waals surface area contributed by atoms with Crippen LogP contribution in [0.15, 0.2) is 54.7 Å². The quantitative estimate of drug-likeness (QED) is 0.0984. The van der Waals surface area contributed by atoms with Gasteiger partial charge in [0.25, 0.3) is 0 Å². The van der Waals surface area contributed by atoms with Crippen LogP contribution in [0.5, 0.6) is 5.75 Å². The summed E-state index contributed by atoms with van der Waals surface area (Å²) in [7, 11) is 1.21. The van der Waals surface area contributed by atoms with Gasteiger partial charge in [0, 0.05) is 23.5 Å². The number of carbonyl (C=O) groups is 5. The zero-order valence-corrected chi connectivity index (χ0v) is 28.1. The number of H-pyrrole nitrogens is 1. The van der Waals surface area contributed by atoms with Crippen molar-refractivity contribution in [3.8, 4) is 5.75 Å². The number of ether oxygens (including phenoxy) is 1. The molecule has 1 heterocycles. The number of aliphatic hydroxyl groups is 1. The van der Waals surface area contributed by atoms with Gasteiger partial charge in [0.05, 0.1) is 19.8 Å². The Morgan fingerprint density at radius 3 is 2.04 bits per heavy atom. The van der Waals surface area contributed by atoms with Crippen LogP contribution < -0.4 is 27.0 Å². The number of benzene rings is 2. The fraction of sp³-hybridized carbons (Fsp3) is 0.424. The lowest BCUT2D eigenvalue weighted by atomic mass is 10.0. The SMILES string of the molecule is COC(=O)[C@H](CC(C)C)NC(=O)[C@@H](C)NC(=O)[C@H](Cc1ccc(O)cc1)NC(=O)[C@H](CO)NC(=O)[C@@H](N)Cc1c[nH]c2ccccc12.Cl. The van der Waals surface area contributed by atoms with E-state index in [1.165, 1.54) is 26.2 Å². The van der Waals surface area contributed by atoms with Gasteiger partial charge >= 0.3 is 5.97 Å². The van der Waals surface area contributed by atoms with E-state index in [4.69, 9.17) is 10.5 Å². The van der Waals surface area contributed by atoms with E-state index >= 15 is 0 Å². The van der Waals surface area contributed by atoms with Crippen LogP contribution in [0.4, 0.5) is 0 Å². The van der Waals surface area contributed by atoms with E-state index in [0.717, 1.165) is 16.5 Å². The van der Waals surface area contributed by atoms with Crippen molar-refractivity contribution >= 4 is 52.9 Å². The Kier molecular flexibility index (Phi) is 15.3. The minimum atomic E-state index is -1.44. The second-order valence-electron chi connectivity index (χ2n) is 11.8. The van der Waals surface area contributed by atoms with Crippen LogP contribution in [0.3, 0.4) is 0 Å². The Labute approximate surface area is 285 Å². The first-order valence-corrected chi connectivity index (χ1v) is 15.3. The number of hydrogen-bond donors (Lipinski definition) is 8. The number of nitrogens with two attached hydrogens (primary N) is 1. The third-order valence-electron chi connectivity index (χ3n) is 7.54. The summed E-state index contributed by atoms with van der Waals surface area (Å²) >= 11 is 0. The first-order chi connectivity index (χ1) is 22.3. The third kappa shape index (κ3) is 11.2. The molecule has 0 fully saturated rings. The molecule has 262 valence electrons. The summed E-state index contributed by atoms with van der Waals surface area (Å²) < 4.78 is 4.78. The zero-order chi connectivity index (χ0) is 34.7. The number of rotatable bonds is 16. The van der Waals surface area contributed by atoms with E-state index in [1.807, 2.05) is 38.1 Å². The molecule has 0 radical (unpaired) electrons. The van der Waals surface area contributed by atoms with Crippen molar-refractivity contribution in [2.75, 3.05) is 13.7 Å². The lowest BCUT2D eigenvalue weighted by Gasteiger charge is -2.25. The number of methoxy groups -OCH3 is 1. The molecule has 5 atom stereocenters. The van der Waals surface area contributed by atoms with Gasteiger partial charge < -0.3 is 46.9 Å². The van der Waals surface area contributed by atoms with E-state index in [1.54, 1.807) is 18.3 Å². The topological polar surface area (TPSA) is 225 Å². The van der Waals surface area contributed by atoms with E-state index in [2.05, 4.69) is 26.3 Å². The molecule has 0 spiro atoms. The minimum Gasteiger partial charge on any atom is -0.508 e. The summed E-state index contributed by atoms with van der Waals surface area (Å²) in [6, 6.07) is 7.67. The molecular weight excluding hydrogens is 644 g/mol. The van der Waals surface area contributed by atoms with E-state index in [9.17, 15) is 34.2 Å². The Morgan fingerprint density at radius 1 is 0.812 bits per heavy atom. The van der Waals surface area contributed by atoms with Crippen LogP contribution in [-0.2, 0) is 41.6 Å². The zero-order valence-electron chi connectivity index (χ0n) is 27.3. The number of aliphatic hydroxyl groups excluding tert-OH is 1. The molecule has 2 aromatic carbocycles. The first-order valence-electron chi connectivity index (χ1n) is 15.3. The van der Waals surface area contributed by atoms with Gasteiger partial charge in [0.2, 0.25) is 23.6 Å². The van der Waals surface area contributed by atoms with Gasteiger partial charge in [-0.2, -0.15) is 0 Å². The second kappa shape index (κ2) is 18.6. The highest BCUT2D eigenvalue weighted by atomic mass is 35.5. The Hall–Kier alpha value is -4.66. The van der Waals surface area contributed by atoms with Crippen LogP contribution in [0.25, 0.3) is 10.9 Å². The van der Waals surface area contributed by atoms with Crippen molar-refractivity contribution in [2.24, 2.45) is 11.7 Å². The number of halogens is 1. The normalized spacial score (nSPS) is 14.1. The van der Waals surface area contributed by atoms with Gasteiger partial charge in [-0.1, -0.05) is 44.2 Å². The largest absolute Gasteiger partial charge is 0.508 e. The van der Waals surface area contributed by atoms with Gasteiger partial charge in [0.15, 0.2) is 0 Å². The maximum Gasteiger partial charge on any atom is 0.328 e. The number of aromatic amines is 1. The molecule has 0 aliphatic heterocycles. The highest BCUT2D eigenvalue weighted by Gasteiger charge is 2.31. The van der Waals surface area contributed by atoms with Crippen molar-refractivity contribution in [2.45, 2.75) is 70.2 Å². The van der Waals surface area contributed by atoms with Crippen LogP contribution in [0.1, 0.15) is 38.3 Å².